The highest BCUT2D eigenvalue weighted by Gasteiger charge is 2.33. The largest absolute Gasteiger partial charge is 0.378 e. The molecule has 0 spiro atoms. The minimum absolute atomic E-state index is 0.107. The van der Waals surface area contributed by atoms with Gasteiger partial charge >= 0.3 is 6.03 Å². The lowest BCUT2D eigenvalue weighted by molar-refractivity contribution is 0.126. The van der Waals surface area contributed by atoms with E-state index in [-0.39, 0.29) is 12.1 Å². The van der Waals surface area contributed by atoms with Crippen LogP contribution in [0, 0.1) is 0 Å². The molecule has 5 nitrogen and oxygen atoms in total. The fourth-order valence-electron chi connectivity index (χ4n) is 2.40. The molecule has 1 aliphatic heterocycles. The molecule has 0 bridgehead atoms. The third kappa shape index (κ3) is 3.24. The zero-order chi connectivity index (χ0) is 15.5. The number of thiazole rings is 1. The molecule has 2 amide bonds. The number of nitrogens with one attached hydrogen (secondary N) is 1. The Labute approximate surface area is 137 Å². The van der Waals surface area contributed by atoms with Gasteiger partial charge < -0.3 is 9.64 Å². The van der Waals surface area contributed by atoms with Crippen LogP contribution < -0.4 is 5.32 Å². The molecule has 2 heterocycles. The first-order valence-electron chi connectivity index (χ1n) is 6.94. The van der Waals surface area contributed by atoms with E-state index >= 15 is 0 Å². The van der Waals surface area contributed by atoms with Gasteiger partial charge in [-0.15, -0.1) is 11.3 Å². The molecular weight excluding hydrogens is 322 g/mol. The highest BCUT2D eigenvalue weighted by atomic mass is 35.5. The minimum atomic E-state index is -0.121. The van der Waals surface area contributed by atoms with Crippen molar-refractivity contribution in [2.75, 3.05) is 19.0 Å². The van der Waals surface area contributed by atoms with E-state index in [0.29, 0.717) is 16.8 Å². The van der Waals surface area contributed by atoms with Crippen LogP contribution in [0.1, 0.15) is 23.7 Å². The number of carbonyl (C=O) groups is 1. The number of hydrogen-bond acceptors (Lipinski definition) is 4. The Kier molecular flexibility index (Phi) is 4.61. The van der Waals surface area contributed by atoms with Crippen molar-refractivity contribution in [3.63, 3.8) is 0 Å². The topological polar surface area (TPSA) is 54.5 Å². The molecule has 0 aliphatic carbocycles. The fraction of sp³-hybridized carbons (Fsp3) is 0.333. The Morgan fingerprint density at radius 2 is 2.27 bits per heavy atom. The second kappa shape index (κ2) is 6.64. The summed E-state index contributed by atoms with van der Waals surface area (Å²) in [6.07, 6.45) is 0.960. The van der Waals surface area contributed by atoms with Gasteiger partial charge in [0, 0.05) is 24.1 Å². The summed E-state index contributed by atoms with van der Waals surface area (Å²) in [5, 5.41) is 6.02. The normalized spacial score (nSPS) is 17.2. The molecule has 1 fully saturated rings. The molecule has 1 atom stereocenters. The highest BCUT2D eigenvalue weighted by molar-refractivity contribution is 7.13. The summed E-state index contributed by atoms with van der Waals surface area (Å²) in [5.41, 5.74) is 1.92. The van der Waals surface area contributed by atoms with Gasteiger partial charge in [-0.2, -0.15) is 0 Å². The van der Waals surface area contributed by atoms with Gasteiger partial charge in [-0.1, -0.05) is 23.7 Å². The molecular formula is C15H16ClN3O2S. The van der Waals surface area contributed by atoms with Crippen molar-refractivity contribution in [1.29, 1.82) is 0 Å². The predicted molar refractivity (Wildman–Crippen MR) is 87.4 cm³/mol. The zero-order valence-corrected chi connectivity index (χ0v) is 13.7. The molecule has 7 heteroatoms. The number of nitrogens with zero attached hydrogens (tertiary/aromatic N) is 2. The fourth-order valence-corrected chi connectivity index (χ4v) is 3.21. The third-order valence-corrected chi connectivity index (χ3v) is 4.65. The van der Waals surface area contributed by atoms with Gasteiger partial charge in [0.15, 0.2) is 5.13 Å². The van der Waals surface area contributed by atoms with Gasteiger partial charge in [-0.25, -0.2) is 9.78 Å². The van der Waals surface area contributed by atoms with Gasteiger partial charge in [0.05, 0.1) is 18.3 Å². The van der Waals surface area contributed by atoms with Crippen molar-refractivity contribution in [1.82, 2.24) is 9.88 Å². The number of likely N-dealkylation sites (tertiary alicyclic amines) is 1. The van der Waals surface area contributed by atoms with Gasteiger partial charge in [-0.05, 0) is 24.1 Å². The van der Waals surface area contributed by atoms with Crippen LogP contribution in [0.15, 0.2) is 29.6 Å². The quantitative estimate of drug-likeness (QED) is 0.919. The van der Waals surface area contributed by atoms with Gasteiger partial charge in [-0.3, -0.25) is 5.32 Å². The van der Waals surface area contributed by atoms with Crippen molar-refractivity contribution < 1.29 is 9.53 Å². The van der Waals surface area contributed by atoms with Gasteiger partial charge in [0.25, 0.3) is 0 Å². The average Bonchev–Trinajstić information content (AvgIpc) is 2.87. The van der Waals surface area contributed by atoms with Crippen molar-refractivity contribution in [2.24, 2.45) is 0 Å². The molecule has 1 saturated heterocycles. The number of rotatable bonds is 4. The van der Waals surface area contributed by atoms with E-state index in [4.69, 9.17) is 16.3 Å². The van der Waals surface area contributed by atoms with Crippen LogP contribution in [0.4, 0.5) is 9.93 Å². The zero-order valence-electron chi connectivity index (χ0n) is 12.1. The van der Waals surface area contributed by atoms with E-state index in [0.717, 1.165) is 24.2 Å². The highest BCUT2D eigenvalue weighted by Crippen LogP contribution is 2.34. The number of methoxy groups -OCH3 is 1. The molecule has 1 aromatic heterocycles. The Morgan fingerprint density at radius 1 is 1.50 bits per heavy atom. The Morgan fingerprint density at radius 3 is 2.91 bits per heavy atom. The maximum atomic E-state index is 12.3. The summed E-state index contributed by atoms with van der Waals surface area (Å²) in [4.78, 5) is 18.5. The van der Waals surface area contributed by atoms with Crippen molar-refractivity contribution >= 4 is 34.1 Å². The molecule has 2 aromatic rings. The second-order valence-corrected chi connectivity index (χ2v) is 6.35. The molecule has 0 radical (unpaired) electrons. The molecule has 3 rings (SSSR count). The molecule has 1 aromatic carbocycles. The number of carbonyl (C=O) groups excluding carboxylic acids is 1. The van der Waals surface area contributed by atoms with Crippen LogP contribution in [0.3, 0.4) is 0 Å². The number of amides is 2. The van der Waals surface area contributed by atoms with Crippen LogP contribution in [0.5, 0.6) is 0 Å². The summed E-state index contributed by atoms with van der Waals surface area (Å²) < 4.78 is 5.02. The van der Waals surface area contributed by atoms with E-state index < -0.39 is 0 Å². The van der Waals surface area contributed by atoms with E-state index in [1.807, 2.05) is 29.6 Å². The Balaban J connectivity index is 1.63. The lowest BCUT2D eigenvalue weighted by Crippen LogP contribution is -2.47. The van der Waals surface area contributed by atoms with Crippen LogP contribution >= 0.6 is 22.9 Å². The average molecular weight is 338 g/mol. The first-order valence-corrected chi connectivity index (χ1v) is 8.19. The molecule has 1 aliphatic rings. The van der Waals surface area contributed by atoms with Crippen molar-refractivity contribution in [3.05, 3.63) is 45.9 Å². The maximum Gasteiger partial charge on any atom is 0.324 e. The SMILES string of the molecule is COCc1csc(NC(=O)N2CCC2c2ccc(Cl)cc2)n1. The Hall–Kier alpha value is -1.63. The summed E-state index contributed by atoms with van der Waals surface area (Å²) in [6, 6.07) is 7.62. The van der Waals surface area contributed by atoms with E-state index in [2.05, 4.69) is 10.3 Å². The number of halogens is 1. The molecule has 1 N–H and O–H groups in total. The lowest BCUT2D eigenvalue weighted by Gasteiger charge is -2.41. The first-order chi connectivity index (χ1) is 10.7. The van der Waals surface area contributed by atoms with E-state index in [9.17, 15) is 4.79 Å². The number of urea groups is 1. The summed E-state index contributed by atoms with van der Waals surface area (Å²) in [5.74, 6) is 0. The van der Waals surface area contributed by atoms with Crippen LogP contribution in [-0.4, -0.2) is 29.6 Å². The van der Waals surface area contributed by atoms with Crippen LogP contribution in [0.25, 0.3) is 0 Å². The number of benzene rings is 1. The third-order valence-electron chi connectivity index (χ3n) is 3.59. The molecule has 1 unspecified atom stereocenters. The minimum Gasteiger partial charge on any atom is -0.378 e. The molecule has 116 valence electrons. The molecule has 0 saturated carbocycles. The standard InChI is InChI=1S/C15H16ClN3O2S/c1-21-8-12-9-22-14(17-12)18-15(20)19-7-6-13(19)10-2-4-11(16)5-3-10/h2-5,9,13H,6-8H2,1H3,(H,17,18,20). The first kappa shape index (κ1) is 15.3. The van der Waals surface area contributed by atoms with Crippen molar-refractivity contribution in [3.8, 4) is 0 Å². The second-order valence-electron chi connectivity index (χ2n) is 5.06. The van der Waals surface area contributed by atoms with Gasteiger partial charge in [0.2, 0.25) is 0 Å². The van der Waals surface area contributed by atoms with E-state index in [1.165, 1.54) is 11.3 Å². The predicted octanol–water partition coefficient (Wildman–Crippen LogP) is 3.92. The summed E-state index contributed by atoms with van der Waals surface area (Å²) in [6.45, 7) is 1.19. The lowest BCUT2D eigenvalue weighted by atomic mass is 9.95. The van der Waals surface area contributed by atoms with E-state index in [1.54, 1.807) is 12.0 Å². The number of anilines is 1. The number of hydrogen-bond donors (Lipinski definition) is 1. The number of ether oxygens (including phenoxy) is 1. The summed E-state index contributed by atoms with van der Waals surface area (Å²) in [7, 11) is 1.62. The van der Waals surface area contributed by atoms with Crippen LogP contribution in [-0.2, 0) is 11.3 Å². The smallest absolute Gasteiger partial charge is 0.324 e. The molecule has 22 heavy (non-hydrogen) atoms. The van der Waals surface area contributed by atoms with Crippen LogP contribution in [0.2, 0.25) is 5.02 Å². The van der Waals surface area contributed by atoms with Gasteiger partial charge in [0.1, 0.15) is 0 Å². The summed E-state index contributed by atoms with van der Waals surface area (Å²) >= 11 is 7.30. The Bertz CT molecular complexity index is 659. The number of aromatic nitrogens is 1. The monoisotopic (exact) mass is 337 g/mol. The van der Waals surface area contributed by atoms with Crippen molar-refractivity contribution in [2.45, 2.75) is 19.1 Å². The maximum absolute atomic E-state index is 12.3.